The topological polar surface area (TPSA) is 57.3 Å². The lowest BCUT2D eigenvalue weighted by Crippen LogP contribution is -2.58. The van der Waals surface area contributed by atoms with Crippen LogP contribution >= 0.6 is 0 Å². The van der Waals surface area contributed by atoms with Crippen molar-refractivity contribution in [2.24, 2.45) is 5.41 Å². The molecular weight excluding hydrogens is 300 g/mol. The molecule has 2 aliphatic heterocycles. The molecule has 1 amide bonds. The molecule has 1 unspecified atom stereocenters. The highest BCUT2D eigenvalue weighted by Gasteiger charge is 2.37. The van der Waals surface area contributed by atoms with Crippen molar-refractivity contribution < 1.29 is 4.79 Å². The summed E-state index contributed by atoms with van der Waals surface area (Å²) in [6.07, 6.45) is 8.07. The van der Waals surface area contributed by atoms with Crippen molar-refractivity contribution in [3.8, 4) is 0 Å². The lowest BCUT2D eigenvalue weighted by molar-refractivity contribution is -0.127. The molecule has 1 atom stereocenters. The van der Waals surface area contributed by atoms with Crippen LogP contribution in [0, 0.1) is 5.41 Å². The second-order valence-electron chi connectivity index (χ2n) is 7.90. The third kappa shape index (κ3) is 4.33. The van der Waals surface area contributed by atoms with Gasteiger partial charge in [-0.3, -0.25) is 14.7 Å². The van der Waals surface area contributed by atoms with Gasteiger partial charge in [0, 0.05) is 38.1 Å². The minimum atomic E-state index is -0.0559. The highest BCUT2D eigenvalue weighted by Crippen LogP contribution is 2.30. The molecule has 24 heavy (non-hydrogen) atoms. The predicted molar refractivity (Wildman–Crippen MR) is 95.5 cm³/mol. The van der Waals surface area contributed by atoms with Crippen molar-refractivity contribution in [1.29, 1.82) is 0 Å². The zero-order chi connectivity index (χ0) is 17.0. The van der Waals surface area contributed by atoms with Crippen molar-refractivity contribution in [3.63, 3.8) is 0 Å². The van der Waals surface area contributed by atoms with Crippen molar-refractivity contribution in [2.75, 3.05) is 19.6 Å². The Labute approximate surface area is 145 Å². The Balaban J connectivity index is 1.46. The standard InChI is InChI=1S/C19H30N4O/c1-19(2)8-4-10-21-17(19)18(24)22-16-6-11-23(12-7-16)14-15-5-3-9-20-13-15/h3,5,9,13,16-17,21H,4,6-8,10-12,14H2,1-2H3,(H,22,24). The van der Waals surface area contributed by atoms with Gasteiger partial charge in [0.2, 0.25) is 5.91 Å². The number of carbonyl (C=O) groups is 1. The minimum absolute atomic E-state index is 0.0450. The maximum absolute atomic E-state index is 12.7. The van der Waals surface area contributed by atoms with E-state index in [1.165, 1.54) is 5.56 Å². The fourth-order valence-corrected chi connectivity index (χ4v) is 3.93. The summed E-state index contributed by atoms with van der Waals surface area (Å²) in [5.41, 5.74) is 1.30. The van der Waals surface area contributed by atoms with Crippen LogP contribution in [0.15, 0.2) is 24.5 Å². The van der Waals surface area contributed by atoms with Crippen LogP contribution in [0.5, 0.6) is 0 Å². The molecule has 2 fully saturated rings. The normalized spacial score (nSPS) is 25.3. The number of carbonyl (C=O) groups excluding carboxylic acids is 1. The van der Waals surface area contributed by atoms with E-state index in [2.05, 4.69) is 40.4 Å². The number of nitrogens with one attached hydrogen (secondary N) is 2. The zero-order valence-electron chi connectivity index (χ0n) is 14.9. The molecule has 1 aromatic rings. The molecule has 0 spiro atoms. The fraction of sp³-hybridized carbons (Fsp3) is 0.684. The lowest BCUT2D eigenvalue weighted by Gasteiger charge is -2.40. The van der Waals surface area contributed by atoms with Gasteiger partial charge in [0.15, 0.2) is 0 Å². The Kier molecular flexibility index (Phi) is 5.51. The quantitative estimate of drug-likeness (QED) is 0.886. The average molecular weight is 330 g/mol. The first-order valence-electron chi connectivity index (χ1n) is 9.20. The Morgan fingerprint density at radius 2 is 2.21 bits per heavy atom. The summed E-state index contributed by atoms with van der Waals surface area (Å²) in [4.78, 5) is 19.3. The molecule has 132 valence electrons. The number of rotatable bonds is 4. The third-order valence-electron chi connectivity index (χ3n) is 5.45. The van der Waals surface area contributed by atoms with Crippen LogP contribution in [0.2, 0.25) is 0 Å². The number of nitrogens with zero attached hydrogens (tertiary/aromatic N) is 2. The maximum Gasteiger partial charge on any atom is 0.237 e. The number of amides is 1. The number of hydrogen-bond acceptors (Lipinski definition) is 4. The number of piperidine rings is 2. The van der Waals surface area contributed by atoms with E-state index in [0.29, 0.717) is 6.04 Å². The van der Waals surface area contributed by atoms with Crippen molar-refractivity contribution in [2.45, 2.75) is 58.2 Å². The number of likely N-dealkylation sites (tertiary alicyclic amines) is 1. The van der Waals surface area contributed by atoms with E-state index in [-0.39, 0.29) is 17.4 Å². The van der Waals surface area contributed by atoms with Gasteiger partial charge in [0.05, 0.1) is 6.04 Å². The molecule has 3 rings (SSSR count). The summed E-state index contributed by atoms with van der Waals surface area (Å²) in [5.74, 6) is 0.186. The van der Waals surface area contributed by atoms with E-state index in [4.69, 9.17) is 0 Å². The molecule has 0 aliphatic carbocycles. The van der Waals surface area contributed by atoms with Crippen molar-refractivity contribution >= 4 is 5.91 Å². The monoisotopic (exact) mass is 330 g/mol. The summed E-state index contributed by atoms with van der Waals surface area (Å²) in [5, 5.41) is 6.70. The van der Waals surface area contributed by atoms with Gasteiger partial charge in [0.1, 0.15) is 0 Å². The Hall–Kier alpha value is -1.46. The van der Waals surface area contributed by atoms with E-state index in [1.54, 1.807) is 0 Å². The van der Waals surface area contributed by atoms with E-state index in [1.807, 2.05) is 18.5 Å². The van der Waals surface area contributed by atoms with E-state index >= 15 is 0 Å². The van der Waals surface area contributed by atoms with Crippen LogP contribution in [-0.2, 0) is 11.3 Å². The molecule has 2 aliphatic rings. The summed E-state index contributed by atoms with van der Waals surface area (Å²) in [7, 11) is 0. The van der Waals surface area contributed by atoms with E-state index < -0.39 is 0 Å². The third-order valence-corrected chi connectivity index (χ3v) is 5.45. The lowest BCUT2D eigenvalue weighted by atomic mass is 9.77. The zero-order valence-corrected chi connectivity index (χ0v) is 14.9. The molecule has 0 bridgehead atoms. The molecule has 3 heterocycles. The molecule has 5 heteroatoms. The summed E-state index contributed by atoms with van der Waals surface area (Å²) < 4.78 is 0. The van der Waals surface area contributed by atoms with Gasteiger partial charge in [-0.15, -0.1) is 0 Å². The molecule has 0 aromatic carbocycles. The number of aromatic nitrogens is 1. The Bertz CT molecular complexity index is 538. The summed E-state index contributed by atoms with van der Waals surface area (Å²) in [6, 6.07) is 4.36. The first-order valence-corrected chi connectivity index (χ1v) is 9.20. The maximum atomic E-state index is 12.7. The van der Waals surface area contributed by atoms with Gasteiger partial charge in [-0.1, -0.05) is 19.9 Å². The molecule has 0 radical (unpaired) electrons. The Morgan fingerprint density at radius 1 is 1.42 bits per heavy atom. The first-order chi connectivity index (χ1) is 11.5. The van der Waals surface area contributed by atoms with Crippen LogP contribution in [0.3, 0.4) is 0 Å². The average Bonchev–Trinajstić information content (AvgIpc) is 2.57. The predicted octanol–water partition coefficient (Wildman–Crippen LogP) is 1.94. The van der Waals surface area contributed by atoms with Gasteiger partial charge >= 0.3 is 0 Å². The van der Waals surface area contributed by atoms with Crippen LogP contribution < -0.4 is 10.6 Å². The largest absolute Gasteiger partial charge is 0.352 e. The van der Waals surface area contributed by atoms with Gasteiger partial charge in [0.25, 0.3) is 0 Å². The molecule has 5 nitrogen and oxygen atoms in total. The van der Waals surface area contributed by atoms with Gasteiger partial charge < -0.3 is 10.6 Å². The van der Waals surface area contributed by atoms with Gasteiger partial charge in [-0.2, -0.15) is 0 Å². The summed E-state index contributed by atoms with van der Waals surface area (Å²) >= 11 is 0. The first kappa shape index (κ1) is 17.4. The highest BCUT2D eigenvalue weighted by molar-refractivity contribution is 5.83. The molecule has 2 N–H and O–H groups in total. The van der Waals surface area contributed by atoms with Crippen LogP contribution in [0.4, 0.5) is 0 Å². The molecular formula is C19H30N4O. The smallest absolute Gasteiger partial charge is 0.237 e. The second kappa shape index (κ2) is 7.62. The van der Waals surface area contributed by atoms with Gasteiger partial charge in [-0.05, 0) is 49.3 Å². The highest BCUT2D eigenvalue weighted by atomic mass is 16.2. The van der Waals surface area contributed by atoms with Crippen molar-refractivity contribution in [1.82, 2.24) is 20.5 Å². The van der Waals surface area contributed by atoms with Crippen molar-refractivity contribution in [3.05, 3.63) is 30.1 Å². The molecule has 0 saturated carbocycles. The molecule has 2 saturated heterocycles. The summed E-state index contributed by atoms with van der Waals surface area (Å²) in [6.45, 7) is 8.35. The number of pyridine rings is 1. The SMILES string of the molecule is CC1(C)CCCNC1C(=O)NC1CCN(Cc2cccnc2)CC1. The van der Waals surface area contributed by atoms with Crippen LogP contribution in [0.25, 0.3) is 0 Å². The van der Waals surface area contributed by atoms with Crippen LogP contribution in [0.1, 0.15) is 45.1 Å². The van der Waals surface area contributed by atoms with Crippen LogP contribution in [-0.4, -0.2) is 47.5 Å². The Morgan fingerprint density at radius 3 is 2.88 bits per heavy atom. The minimum Gasteiger partial charge on any atom is -0.352 e. The fourth-order valence-electron chi connectivity index (χ4n) is 3.93. The van der Waals surface area contributed by atoms with E-state index in [0.717, 1.165) is 51.9 Å². The second-order valence-corrected chi connectivity index (χ2v) is 7.90. The van der Waals surface area contributed by atoms with Gasteiger partial charge in [-0.25, -0.2) is 0 Å². The number of hydrogen-bond donors (Lipinski definition) is 2. The molecule has 1 aromatic heterocycles. The van der Waals surface area contributed by atoms with E-state index in [9.17, 15) is 4.79 Å².